The zero-order valence-electron chi connectivity index (χ0n) is 12.3. The summed E-state index contributed by atoms with van der Waals surface area (Å²) in [5, 5.41) is 3.61. The van der Waals surface area contributed by atoms with Gasteiger partial charge in [0.15, 0.2) is 0 Å². The van der Waals surface area contributed by atoms with E-state index in [0.717, 1.165) is 18.7 Å². The number of nitrogens with one attached hydrogen (secondary N) is 1. The molecule has 0 aromatic heterocycles. The van der Waals surface area contributed by atoms with E-state index in [2.05, 4.69) is 43.4 Å². The second kappa shape index (κ2) is 7.54. The molecule has 2 heteroatoms. The number of ether oxygens (including phenoxy) is 1. The van der Waals surface area contributed by atoms with Crippen molar-refractivity contribution in [2.75, 3.05) is 6.54 Å². The summed E-state index contributed by atoms with van der Waals surface area (Å²) in [6.45, 7) is 5.40. The second-order valence-corrected chi connectivity index (χ2v) is 5.42. The highest BCUT2D eigenvalue weighted by atomic mass is 16.5. The van der Waals surface area contributed by atoms with Crippen LogP contribution in [-0.4, -0.2) is 18.7 Å². The van der Waals surface area contributed by atoms with Crippen LogP contribution >= 0.6 is 0 Å². The van der Waals surface area contributed by atoms with E-state index >= 15 is 0 Å². The molecule has 1 aromatic carbocycles. The van der Waals surface area contributed by atoms with E-state index in [0.29, 0.717) is 12.1 Å². The van der Waals surface area contributed by atoms with Gasteiger partial charge in [0.2, 0.25) is 0 Å². The van der Waals surface area contributed by atoms with E-state index in [-0.39, 0.29) is 0 Å². The molecule has 2 atom stereocenters. The smallest absolute Gasteiger partial charge is 0.122 e. The van der Waals surface area contributed by atoms with Crippen molar-refractivity contribution in [3.63, 3.8) is 0 Å². The van der Waals surface area contributed by atoms with Crippen LogP contribution in [0.25, 0.3) is 0 Å². The molecule has 0 aliphatic heterocycles. The lowest BCUT2D eigenvalue weighted by atomic mass is 10.1. The van der Waals surface area contributed by atoms with E-state index in [1.807, 2.05) is 0 Å². The predicted octanol–water partition coefficient (Wildman–Crippen LogP) is 3.94. The van der Waals surface area contributed by atoms with Crippen molar-refractivity contribution in [3.05, 3.63) is 29.8 Å². The monoisotopic (exact) mass is 261 g/mol. The molecule has 1 aliphatic rings. The first-order chi connectivity index (χ1) is 9.35. The van der Waals surface area contributed by atoms with Gasteiger partial charge in [-0.25, -0.2) is 0 Å². The van der Waals surface area contributed by atoms with Gasteiger partial charge in [-0.1, -0.05) is 44.9 Å². The van der Waals surface area contributed by atoms with Crippen LogP contribution in [0, 0.1) is 0 Å². The molecule has 1 aliphatic carbocycles. The van der Waals surface area contributed by atoms with Crippen LogP contribution in [0.15, 0.2) is 24.3 Å². The molecule has 1 fully saturated rings. The molecule has 19 heavy (non-hydrogen) atoms. The second-order valence-electron chi connectivity index (χ2n) is 5.42. The summed E-state index contributed by atoms with van der Waals surface area (Å²) in [4.78, 5) is 0. The predicted molar refractivity (Wildman–Crippen MR) is 80.8 cm³/mol. The molecule has 1 aromatic rings. The van der Waals surface area contributed by atoms with Gasteiger partial charge >= 0.3 is 0 Å². The topological polar surface area (TPSA) is 21.3 Å². The highest BCUT2D eigenvalue weighted by molar-refractivity contribution is 5.33. The van der Waals surface area contributed by atoms with E-state index in [1.54, 1.807) is 0 Å². The maximum absolute atomic E-state index is 6.36. The standard InChI is InChI=1S/C17H27NO/c1-3-14-10-8-9-12-16(14)19-17-13-7-5-6-11-15(17)18-4-2/h8-10,12,15,17-18H,3-7,11,13H2,1-2H3. The Balaban J connectivity index is 2.09. The fourth-order valence-electron chi connectivity index (χ4n) is 2.98. The summed E-state index contributed by atoms with van der Waals surface area (Å²) in [5.41, 5.74) is 1.32. The van der Waals surface area contributed by atoms with Gasteiger partial charge in [0.1, 0.15) is 11.9 Å². The zero-order chi connectivity index (χ0) is 13.5. The van der Waals surface area contributed by atoms with Gasteiger partial charge in [0, 0.05) is 6.04 Å². The average molecular weight is 261 g/mol. The van der Waals surface area contributed by atoms with Gasteiger partial charge in [-0.3, -0.25) is 0 Å². The van der Waals surface area contributed by atoms with Crippen molar-refractivity contribution in [1.82, 2.24) is 5.32 Å². The van der Waals surface area contributed by atoms with Crippen LogP contribution in [0.2, 0.25) is 0 Å². The molecule has 2 rings (SSSR count). The summed E-state index contributed by atoms with van der Waals surface area (Å²) in [6.07, 6.45) is 7.75. The van der Waals surface area contributed by atoms with Crippen LogP contribution in [-0.2, 0) is 6.42 Å². The first-order valence-corrected chi connectivity index (χ1v) is 7.83. The van der Waals surface area contributed by atoms with Crippen molar-refractivity contribution < 1.29 is 4.74 Å². The third-order valence-corrected chi connectivity index (χ3v) is 4.05. The van der Waals surface area contributed by atoms with E-state index in [1.165, 1.54) is 37.7 Å². The Labute approximate surface area is 117 Å². The molecule has 1 N–H and O–H groups in total. The largest absolute Gasteiger partial charge is 0.489 e. The van der Waals surface area contributed by atoms with Crippen molar-refractivity contribution in [3.8, 4) is 5.75 Å². The SMILES string of the molecule is CCNC1CCCCCC1Oc1ccccc1CC. The van der Waals surface area contributed by atoms with Gasteiger partial charge < -0.3 is 10.1 Å². The zero-order valence-corrected chi connectivity index (χ0v) is 12.3. The molecule has 2 nitrogen and oxygen atoms in total. The van der Waals surface area contributed by atoms with Crippen molar-refractivity contribution >= 4 is 0 Å². The maximum Gasteiger partial charge on any atom is 0.122 e. The Bertz CT molecular complexity index is 377. The maximum atomic E-state index is 6.36. The van der Waals surface area contributed by atoms with Gasteiger partial charge in [-0.05, 0) is 43.9 Å². The third-order valence-electron chi connectivity index (χ3n) is 4.05. The van der Waals surface area contributed by atoms with Crippen LogP contribution in [0.1, 0.15) is 51.5 Å². The number of hydrogen-bond acceptors (Lipinski definition) is 2. The minimum absolute atomic E-state index is 0.329. The molecule has 1 saturated carbocycles. The first-order valence-electron chi connectivity index (χ1n) is 7.83. The number of aryl methyl sites for hydroxylation is 1. The summed E-state index contributed by atoms with van der Waals surface area (Å²) in [5.74, 6) is 1.08. The average Bonchev–Trinajstić information content (AvgIpc) is 2.66. The molecule has 2 unspecified atom stereocenters. The fraction of sp³-hybridized carbons (Fsp3) is 0.647. The number of hydrogen-bond donors (Lipinski definition) is 1. The Morgan fingerprint density at radius 1 is 1.11 bits per heavy atom. The highest BCUT2D eigenvalue weighted by Crippen LogP contribution is 2.26. The van der Waals surface area contributed by atoms with Crippen LogP contribution in [0.4, 0.5) is 0 Å². The lowest BCUT2D eigenvalue weighted by Crippen LogP contribution is -2.42. The van der Waals surface area contributed by atoms with Crippen molar-refractivity contribution in [1.29, 1.82) is 0 Å². The van der Waals surface area contributed by atoms with Gasteiger partial charge in [-0.2, -0.15) is 0 Å². The molecule has 0 saturated heterocycles. The highest BCUT2D eigenvalue weighted by Gasteiger charge is 2.24. The summed E-state index contributed by atoms with van der Waals surface area (Å²) in [7, 11) is 0. The Morgan fingerprint density at radius 3 is 2.68 bits per heavy atom. The Kier molecular flexibility index (Phi) is 5.71. The molecule has 0 heterocycles. The molecular weight excluding hydrogens is 234 g/mol. The molecule has 0 amide bonds. The number of benzene rings is 1. The lowest BCUT2D eigenvalue weighted by molar-refractivity contribution is 0.144. The molecule has 0 spiro atoms. The van der Waals surface area contributed by atoms with E-state index in [4.69, 9.17) is 4.74 Å². The summed E-state index contributed by atoms with van der Waals surface area (Å²) in [6, 6.07) is 8.98. The van der Waals surface area contributed by atoms with Crippen LogP contribution in [0.3, 0.4) is 0 Å². The quantitative estimate of drug-likeness (QED) is 0.811. The van der Waals surface area contributed by atoms with Gasteiger partial charge in [-0.15, -0.1) is 0 Å². The number of likely N-dealkylation sites (N-methyl/N-ethyl adjacent to an activating group) is 1. The lowest BCUT2D eigenvalue weighted by Gasteiger charge is -2.27. The Morgan fingerprint density at radius 2 is 1.89 bits per heavy atom. The minimum Gasteiger partial charge on any atom is -0.489 e. The van der Waals surface area contributed by atoms with Crippen LogP contribution < -0.4 is 10.1 Å². The van der Waals surface area contributed by atoms with E-state index < -0.39 is 0 Å². The van der Waals surface area contributed by atoms with Gasteiger partial charge in [0.05, 0.1) is 0 Å². The number of para-hydroxylation sites is 1. The first kappa shape index (κ1) is 14.4. The Hall–Kier alpha value is -1.02. The van der Waals surface area contributed by atoms with Gasteiger partial charge in [0.25, 0.3) is 0 Å². The third kappa shape index (κ3) is 3.97. The fourth-order valence-corrected chi connectivity index (χ4v) is 2.98. The number of rotatable bonds is 5. The van der Waals surface area contributed by atoms with E-state index in [9.17, 15) is 0 Å². The molecule has 0 bridgehead atoms. The van der Waals surface area contributed by atoms with Crippen molar-refractivity contribution in [2.45, 2.75) is 64.5 Å². The molecule has 0 radical (unpaired) electrons. The normalized spacial score (nSPS) is 23.9. The summed E-state index contributed by atoms with van der Waals surface area (Å²) >= 11 is 0. The van der Waals surface area contributed by atoms with Crippen molar-refractivity contribution in [2.24, 2.45) is 0 Å². The summed E-state index contributed by atoms with van der Waals surface area (Å²) < 4.78 is 6.36. The molecular formula is C17H27NO. The molecule has 106 valence electrons. The van der Waals surface area contributed by atoms with Crippen LogP contribution in [0.5, 0.6) is 5.75 Å². The minimum atomic E-state index is 0.329.